The van der Waals surface area contributed by atoms with Crippen LogP contribution in [0.15, 0.2) is 33.5 Å². The molecule has 1 aliphatic heterocycles. The molecule has 164 valence electrons. The van der Waals surface area contributed by atoms with Crippen LogP contribution in [0.1, 0.15) is 36.6 Å². The SMILES string of the molecule is Cc1cc(=O)c(O)c(C2(CC(=O)NCCc3nc4ccc(F)cc4[nH]3)CCSCC2)o1. The quantitative estimate of drug-likeness (QED) is 0.538. The summed E-state index contributed by atoms with van der Waals surface area (Å²) in [6.45, 7) is 2.02. The van der Waals surface area contributed by atoms with E-state index in [1.165, 1.54) is 18.2 Å². The van der Waals surface area contributed by atoms with Gasteiger partial charge < -0.3 is 19.8 Å². The molecule has 3 aromatic rings. The minimum Gasteiger partial charge on any atom is -0.502 e. The van der Waals surface area contributed by atoms with E-state index in [1.807, 2.05) is 0 Å². The molecule has 1 amide bonds. The Morgan fingerprint density at radius 1 is 1.35 bits per heavy atom. The summed E-state index contributed by atoms with van der Waals surface area (Å²) in [7, 11) is 0. The van der Waals surface area contributed by atoms with E-state index in [-0.39, 0.29) is 23.9 Å². The number of aryl methyl sites for hydroxylation is 1. The highest BCUT2D eigenvalue weighted by Crippen LogP contribution is 2.43. The van der Waals surface area contributed by atoms with E-state index in [2.05, 4.69) is 15.3 Å². The number of hydrogen-bond donors (Lipinski definition) is 3. The maximum atomic E-state index is 13.3. The fraction of sp³-hybridized carbons (Fsp3) is 0.409. The number of aromatic hydroxyl groups is 1. The van der Waals surface area contributed by atoms with Crippen molar-refractivity contribution in [1.82, 2.24) is 15.3 Å². The number of fused-ring (bicyclic) bond motifs is 1. The van der Waals surface area contributed by atoms with Gasteiger partial charge in [-0.25, -0.2) is 9.37 Å². The van der Waals surface area contributed by atoms with Crippen LogP contribution in [0.3, 0.4) is 0 Å². The molecule has 1 saturated heterocycles. The summed E-state index contributed by atoms with van der Waals surface area (Å²) in [6.07, 6.45) is 1.87. The maximum absolute atomic E-state index is 13.3. The normalized spacial score (nSPS) is 15.8. The second-order valence-electron chi connectivity index (χ2n) is 7.91. The lowest BCUT2D eigenvalue weighted by Crippen LogP contribution is -2.39. The van der Waals surface area contributed by atoms with E-state index in [4.69, 9.17) is 4.42 Å². The van der Waals surface area contributed by atoms with E-state index < -0.39 is 16.6 Å². The maximum Gasteiger partial charge on any atom is 0.227 e. The van der Waals surface area contributed by atoms with Crippen LogP contribution < -0.4 is 10.7 Å². The topological polar surface area (TPSA) is 108 Å². The van der Waals surface area contributed by atoms with E-state index >= 15 is 0 Å². The van der Waals surface area contributed by atoms with Crippen molar-refractivity contribution >= 4 is 28.7 Å². The number of H-pyrrole nitrogens is 1. The molecule has 9 heteroatoms. The molecule has 3 N–H and O–H groups in total. The number of amides is 1. The van der Waals surface area contributed by atoms with E-state index in [0.29, 0.717) is 48.4 Å². The molecular formula is C22H24FN3O4S. The van der Waals surface area contributed by atoms with Gasteiger partial charge in [0.05, 0.1) is 11.0 Å². The molecule has 3 heterocycles. The third-order valence-electron chi connectivity index (χ3n) is 5.65. The van der Waals surface area contributed by atoms with Crippen LogP contribution in [0.5, 0.6) is 5.75 Å². The molecule has 0 spiro atoms. The summed E-state index contributed by atoms with van der Waals surface area (Å²) in [5.41, 5.74) is 0.0935. The van der Waals surface area contributed by atoms with Crippen LogP contribution in [0.4, 0.5) is 4.39 Å². The first-order chi connectivity index (χ1) is 14.9. The average molecular weight is 446 g/mol. The minimum absolute atomic E-state index is 0.124. The Morgan fingerprint density at radius 3 is 2.90 bits per heavy atom. The van der Waals surface area contributed by atoms with Crippen molar-refractivity contribution in [2.24, 2.45) is 0 Å². The van der Waals surface area contributed by atoms with Gasteiger partial charge in [0.2, 0.25) is 17.1 Å². The summed E-state index contributed by atoms with van der Waals surface area (Å²) in [5.74, 6) is 2.01. The predicted molar refractivity (Wildman–Crippen MR) is 117 cm³/mol. The first kappa shape index (κ1) is 21.4. The highest BCUT2D eigenvalue weighted by molar-refractivity contribution is 7.99. The molecule has 0 radical (unpaired) electrons. The highest BCUT2D eigenvalue weighted by atomic mass is 32.2. The van der Waals surface area contributed by atoms with Crippen LogP contribution in [0.2, 0.25) is 0 Å². The number of aromatic nitrogens is 2. The highest BCUT2D eigenvalue weighted by Gasteiger charge is 2.41. The molecule has 1 fully saturated rings. The van der Waals surface area contributed by atoms with Crippen molar-refractivity contribution in [2.45, 2.75) is 38.0 Å². The lowest BCUT2D eigenvalue weighted by atomic mass is 9.75. The Bertz CT molecular complexity index is 1170. The van der Waals surface area contributed by atoms with Gasteiger partial charge in [0.25, 0.3) is 0 Å². The van der Waals surface area contributed by atoms with E-state index in [0.717, 1.165) is 11.5 Å². The Morgan fingerprint density at radius 2 is 2.13 bits per heavy atom. The number of carbonyl (C=O) groups excluding carboxylic acids is 1. The summed E-state index contributed by atoms with van der Waals surface area (Å²) >= 11 is 1.78. The van der Waals surface area contributed by atoms with Crippen molar-refractivity contribution in [3.8, 4) is 5.75 Å². The number of imidazole rings is 1. The number of nitrogens with zero attached hydrogens (tertiary/aromatic N) is 1. The lowest BCUT2D eigenvalue weighted by molar-refractivity contribution is -0.122. The largest absolute Gasteiger partial charge is 0.502 e. The number of halogens is 1. The Labute approximate surface area is 182 Å². The molecule has 2 aromatic heterocycles. The van der Waals surface area contributed by atoms with Crippen molar-refractivity contribution in [3.63, 3.8) is 0 Å². The molecule has 1 aliphatic rings. The number of nitrogens with one attached hydrogen (secondary N) is 2. The molecule has 0 aliphatic carbocycles. The fourth-order valence-electron chi connectivity index (χ4n) is 4.05. The second-order valence-corrected chi connectivity index (χ2v) is 9.14. The van der Waals surface area contributed by atoms with Crippen molar-refractivity contribution in [2.75, 3.05) is 18.1 Å². The molecule has 1 aromatic carbocycles. The molecule has 0 unspecified atom stereocenters. The average Bonchev–Trinajstić information content (AvgIpc) is 3.13. The minimum atomic E-state index is -0.707. The monoisotopic (exact) mass is 445 g/mol. The van der Waals surface area contributed by atoms with Crippen LogP contribution in [-0.4, -0.2) is 39.0 Å². The second kappa shape index (κ2) is 8.74. The zero-order chi connectivity index (χ0) is 22.0. The predicted octanol–water partition coefficient (Wildman–Crippen LogP) is 3.18. The van der Waals surface area contributed by atoms with Gasteiger partial charge in [0.1, 0.15) is 17.4 Å². The summed E-state index contributed by atoms with van der Waals surface area (Å²) < 4.78 is 19.1. The van der Waals surface area contributed by atoms with Crippen LogP contribution in [0.25, 0.3) is 11.0 Å². The molecule has 0 saturated carbocycles. The van der Waals surface area contributed by atoms with Crippen LogP contribution >= 0.6 is 11.8 Å². The Hall–Kier alpha value is -2.81. The summed E-state index contributed by atoms with van der Waals surface area (Å²) in [5, 5.41) is 13.3. The number of aromatic amines is 1. The smallest absolute Gasteiger partial charge is 0.227 e. The Kier molecular flexibility index (Phi) is 6.04. The molecule has 31 heavy (non-hydrogen) atoms. The van der Waals surface area contributed by atoms with Crippen molar-refractivity contribution in [3.05, 3.63) is 57.7 Å². The van der Waals surface area contributed by atoms with Gasteiger partial charge >= 0.3 is 0 Å². The number of hydrogen-bond acceptors (Lipinski definition) is 6. The molecule has 0 atom stereocenters. The van der Waals surface area contributed by atoms with Gasteiger partial charge in [-0.3, -0.25) is 9.59 Å². The van der Waals surface area contributed by atoms with E-state index in [9.17, 15) is 19.1 Å². The van der Waals surface area contributed by atoms with Gasteiger partial charge in [-0.2, -0.15) is 11.8 Å². The standard InChI is InChI=1S/C22H24FN3O4S/c1-13-10-17(27)20(29)21(30-13)22(5-8-31-9-6-22)12-19(28)24-7-4-18-25-15-3-2-14(23)11-16(15)26-18/h2-3,10-11,29H,4-9,12H2,1H3,(H,24,28)(H,25,26). The van der Waals surface area contributed by atoms with E-state index in [1.54, 1.807) is 24.8 Å². The van der Waals surface area contributed by atoms with Crippen molar-refractivity contribution < 1.29 is 18.7 Å². The van der Waals surface area contributed by atoms with Crippen LogP contribution in [-0.2, 0) is 16.6 Å². The number of rotatable bonds is 6. The van der Waals surface area contributed by atoms with Gasteiger partial charge in [-0.15, -0.1) is 0 Å². The van der Waals surface area contributed by atoms with Gasteiger partial charge in [-0.05, 0) is 49.5 Å². The summed E-state index contributed by atoms with van der Waals surface area (Å²) in [4.78, 5) is 32.3. The number of benzene rings is 1. The molecule has 7 nitrogen and oxygen atoms in total. The first-order valence-corrected chi connectivity index (χ1v) is 11.3. The van der Waals surface area contributed by atoms with Gasteiger partial charge in [0, 0.05) is 30.9 Å². The Balaban J connectivity index is 1.45. The fourth-order valence-corrected chi connectivity index (χ4v) is 5.33. The zero-order valence-corrected chi connectivity index (χ0v) is 18.0. The zero-order valence-electron chi connectivity index (χ0n) is 17.2. The third kappa shape index (κ3) is 4.61. The number of carbonyl (C=O) groups is 1. The van der Waals surface area contributed by atoms with Gasteiger partial charge in [-0.1, -0.05) is 0 Å². The molecule has 0 bridgehead atoms. The number of thioether (sulfide) groups is 1. The lowest BCUT2D eigenvalue weighted by Gasteiger charge is -2.35. The van der Waals surface area contributed by atoms with Crippen molar-refractivity contribution in [1.29, 1.82) is 0 Å². The van der Waals surface area contributed by atoms with Gasteiger partial charge in [0.15, 0.2) is 5.76 Å². The first-order valence-electron chi connectivity index (χ1n) is 10.2. The summed E-state index contributed by atoms with van der Waals surface area (Å²) in [6, 6.07) is 5.60. The van der Waals surface area contributed by atoms with Crippen LogP contribution in [0, 0.1) is 12.7 Å². The molecule has 4 rings (SSSR count). The molecular weight excluding hydrogens is 421 g/mol. The third-order valence-corrected chi connectivity index (χ3v) is 6.64.